The number of piperidine rings is 1. The topological polar surface area (TPSA) is 46.6 Å². The molecule has 0 bridgehead atoms. The molecule has 1 fully saturated rings. The molecular formula is C12H21NO3. The number of ether oxygens (including phenoxy) is 1. The number of hydrogen-bond acceptors (Lipinski definition) is 3. The van der Waals surface area contributed by atoms with Crippen molar-refractivity contribution in [3.05, 3.63) is 0 Å². The molecule has 16 heavy (non-hydrogen) atoms. The van der Waals surface area contributed by atoms with Crippen LogP contribution in [0.5, 0.6) is 0 Å². The quantitative estimate of drug-likeness (QED) is 0.637. The number of amides is 1. The monoisotopic (exact) mass is 227 g/mol. The number of carbonyl (C=O) groups is 2. The third-order valence-corrected chi connectivity index (χ3v) is 2.95. The summed E-state index contributed by atoms with van der Waals surface area (Å²) in [5, 5.41) is 0. The molecule has 0 aliphatic carbocycles. The molecule has 92 valence electrons. The van der Waals surface area contributed by atoms with Crippen molar-refractivity contribution in [2.24, 2.45) is 5.92 Å². The summed E-state index contributed by atoms with van der Waals surface area (Å²) in [5.41, 5.74) is -0.485. The largest absolute Gasteiger partial charge is 0.444 e. The molecule has 1 heterocycles. The Bertz CT molecular complexity index is 293. The van der Waals surface area contributed by atoms with Gasteiger partial charge in [0.25, 0.3) is 0 Å². The molecule has 0 aromatic rings. The van der Waals surface area contributed by atoms with E-state index in [0.29, 0.717) is 13.0 Å². The van der Waals surface area contributed by atoms with Gasteiger partial charge in [0.1, 0.15) is 11.4 Å². The number of carbonyl (C=O) groups excluding carboxylic acids is 2. The third kappa shape index (κ3) is 2.97. The van der Waals surface area contributed by atoms with E-state index in [9.17, 15) is 9.59 Å². The second kappa shape index (κ2) is 4.44. The molecule has 0 aromatic heterocycles. The molecule has 0 aromatic carbocycles. The molecule has 2 unspecified atom stereocenters. The minimum atomic E-state index is -0.485. The first-order valence-electron chi connectivity index (χ1n) is 5.74. The van der Waals surface area contributed by atoms with Crippen LogP contribution in [0.15, 0.2) is 0 Å². The minimum Gasteiger partial charge on any atom is -0.444 e. The maximum Gasteiger partial charge on any atom is 0.410 e. The zero-order valence-corrected chi connectivity index (χ0v) is 10.7. The number of nitrogens with zero attached hydrogens (tertiary/aromatic N) is 1. The van der Waals surface area contributed by atoms with Crippen molar-refractivity contribution < 1.29 is 14.3 Å². The molecule has 0 saturated carbocycles. The fourth-order valence-corrected chi connectivity index (χ4v) is 1.78. The Morgan fingerprint density at radius 3 is 2.44 bits per heavy atom. The summed E-state index contributed by atoms with van der Waals surface area (Å²) in [7, 11) is 0. The highest BCUT2D eigenvalue weighted by Gasteiger charge is 2.35. The van der Waals surface area contributed by atoms with Crippen LogP contribution in [0.25, 0.3) is 0 Å². The summed E-state index contributed by atoms with van der Waals surface area (Å²) in [6.07, 6.45) is 0.115. The Labute approximate surface area is 96.9 Å². The van der Waals surface area contributed by atoms with Gasteiger partial charge in [0.05, 0.1) is 0 Å². The van der Waals surface area contributed by atoms with Crippen molar-refractivity contribution in [1.29, 1.82) is 0 Å². The van der Waals surface area contributed by atoms with Gasteiger partial charge in [0.15, 0.2) is 0 Å². The van der Waals surface area contributed by atoms with Crippen molar-refractivity contribution in [3.8, 4) is 0 Å². The zero-order valence-electron chi connectivity index (χ0n) is 10.7. The average molecular weight is 227 g/mol. The van der Waals surface area contributed by atoms with Crippen molar-refractivity contribution in [3.63, 3.8) is 0 Å². The van der Waals surface area contributed by atoms with Gasteiger partial charge < -0.3 is 9.64 Å². The summed E-state index contributed by atoms with van der Waals surface area (Å²) in [6.45, 7) is 9.75. The van der Waals surface area contributed by atoms with Gasteiger partial charge in [-0.3, -0.25) is 4.79 Å². The maximum atomic E-state index is 11.9. The molecule has 0 spiro atoms. The molecule has 4 nitrogen and oxygen atoms in total. The third-order valence-electron chi connectivity index (χ3n) is 2.95. The van der Waals surface area contributed by atoms with Crippen molar-refractivity contribution in [2.45, 2.75) is 52.7 Å². The van der Waals surface area contributed by atoms with Crippen LogP contribution >= 0.6 is 0 Å². The second-order valence-corrected chi connectivity index (χ2v) is 5.42. The SMILES string of the molecule is CC1C(=O)CCN(C(=O)OC(C)(C)C)C1C. The Morgan fingerprint density at radius 1 is 1.38 bits per heavy atom. The normalized spacial score (nSPS) is 26.8. The van der Waals surface area contributed by atoms with E-state index < -0.39 is 5.60 Å². The highest BCUT2D eigenvalue weighted by molar-refractivity contribution is 5.84. The van der Waals surface area contributed by atoms with E-state index in [1.807, 2.05) is 34.6 Å². The van der Waals surface area contributed by atoms with E-state index in [2.05, 4.69) is 0 Å². The lowest BCUT2D eigenvalue weighted by Crippen LogP contribution is -2.51. The lowest BCUT2D eigenvalue weighted by molar-refractivity contribution is -0.127. The highest BCUT2D eigenvalue weighted by Crippen LogP contribution is 2.22. The summed E-state index contributed by atoms with van der Waals surface area (Å²) in [5.74, 6) is 0.133. The maximum absolute atomic E-state index is 11.9. The Hall–Kier alpha value is -1.06. The van der Waals surface area contributed by atoms with Crippen LogP contribution < -0.4 is 0 Å². The van der Waals surface area contributed by atoms with Crippen molar-refractivity contribution in [2.75, 3.05) is 6.54 Å². The number of hydrogen-bond donors (Lipinski definition) is 0. The van der Waals surface area contributed by atoms with Gasteiger partial charge in [0.2, 0.25) is 0 Å². The van der Waals surface area contributed by atoms with Gasteiger partial charge in [-0.1, -0.05) is 6.92 Å². The summed E-state index contributed by atoms with van der Waals surface area (Å²) in [6, 6.07) is -0.0731. The molecule has 1 saturated heterocycles. The van der Waals surface area contributed by atoms with E-state index in [-0.39, 0.29) is 23.8 Å². The molecular weight excluding hydrogens is 206 g/mol. The first kappa shape index (κ1) is 13.0. The number of ketones is 1. The van der Waals surface area contributed by atoms with Crippen LogP contribution in [0, 0.1) is 5.92 Å². The second-order valence-electron chi connectivity index (χ2n) is 5.42. The van der Waals surface area contributed by atoms with Crippen LogP contribution in [-0.2, 0) is 9.53 Å². The molecule has 2 atom stereocenters. The van der Waals surface area contributed by atoms with Gasteiger partial charge in [-0.25, -0.2) is 4.79 Å². The van der Waals surface area contributed by atoms with E-state index in [4.69, 9.17) is 4.74 Å². The molecule has 1 aliphatic heterocycles. The van der Waals surface area contributed by atoms with Gasteiger partial charge in [-0.15, -0.1) is 0 Å². The van der Waals surface area contributed by atoms with E-state index >= 15 is 0 Å². The van der Waals surface area contributed by atoms with Gasteiger partial charge in [-0.2, -0.15) is 0 Å². The number of rotatable bonds is 0. The molecule has 0 radical (unpaired) electrons. The van der Waals surface area contributed by atoms with Crippen molar-refractivity contribution >= 4 is 11.9 Å². The fourth-order valence-electron chi connectivity index (χ4n) is 1.78. The first-order valence-corrected chi connectivity index (χ1v) is 5.74. The van der Waals surface area contributed by atoms with E-state index in [0.717, 1.165) is 0 Å². The predicted octanol–water partition coefficient (Wildman–Crippen LogP) is 2.22. The highest BCUT2D eigenvalue weighted by atomic mass is 16.6. The zero-order chi connectivity index (χ0) is 12.5. The molecule has 1 aliphatic rings. The summed E-state index contributed by atoms with van der Waals surface area (Å²) in [4.78, 5) is 25.0. The van der Waals surface area contributed by atoms with E-state index in [1.54, 1.807) is 4.90 Å². The smallest absolute Gasteiger partial charge is 0.410 e. The van der Waals surface area contributed by atoms with Gasteiger partial charge in [0, 0.05) is 24.9 Å². The Balaban J connectivity index is 2.67. The number of Topliss-reactive ketones (excluding diaryl/α,β-unsaturated/α-hetero) is 1. The van der Waals surface area contributed by atoms with Crippen LogP contribution in [0.2, 0.25) is 0 Å². The molecule has 1 amide bonds. The van der Waals surface area contributed by atoms with Crippen LogP contribution in [-0.4, -0.2) is 35.0 Å². The summed E-state index contributed by atoms with van der Waals surface area (Å²) < 4.78 is 5.31. The molecule has 1 rings (SSSR count). The van der Waals surface area contributed by atoms with Crippen LogP contribution in [0.3, 0.4) is 0 Å². The molecule has 4 heteroatoms. The first-order chi connectivity index (χ1) is 7.22. The van der Waals surface area contributed by atoms with Gasteiger partial charge >= 0.3 is 6.09 Å². The average Bonchev–Trinajstić information content (AvgIpc) is 2.11. The standard InChI is InChI=1S/C12H21NO3/c1-8-9(2)13(7-6-10(8)14)11(15)16-12(3,4)5/h8-9H,6-7H2,1-5H3. The minimum absolute atomic E-state index is 0.0731. The Morgan fingerprint density at radius 2 is 1.94 bits per heavy atom. The lowest BCUT2D eigenvalue weighted by atomic mass is 9.91. The van der Waals surface area contributed by atoms with Crippen molar-refractivity contribution in [1.82, 2.24) is 4.90 Å². The lowest BCUT2D eigenvalue weighted by Gasteiger charge is -2.37. The van der Waals surface area contributed by atoms with Crippen LogP contribution in [0.1, 0.15) is 41.0 Å². The van der Waals surface area contributed by atoms with E-state index in [1.165, 1.54) is 0 Å². The van der Waals surface area contributed by atoms with Gasteiger partial charge in [-0.05, 0) is 27.7 Å². The molecule has 0 N–H and O–H groups in total. The Kier molecular flexibility index (Phi) is 3.61. The predicted molar refractivity (Wildman–Crippen MR) is 61.2 cm³/mol. The number of likely N-dealkylation sites (tertiary alicyclic amines) is 1. The summed E-state index contributed by atoms with van der Waals surface area (Å²) >= 11 is 0. The fraction of sp³-hybridized carbons (Fsp3) is 0.833. The van der Waals surface area contributed by atoms with Crippen LogP contribution in [0.4, 0.5) is 4.79 Å².